The predicted octanol–water partition coefficient (Wildman–Crippen LogP) is 2.53. The number of nitrogens with two attached hydrogens (primary N) is 1. The molecule has 0 aliphatic heterocycles. The first kappa shape index (κ1) is 14.1. The molecule has 0 aliphatic carbocycles. The van der Waals surface area contributed by atoms with Crippen molar-refractivity contribution in [3.8, 4) is 0 Å². The van der Waals surface area contributed by atoms with Crippen molar-refractivity contribution in [2.24, 2.45) is 11.7 Å². The number of aromatic nitrogens is 2. The zero-order valence-corrected chi connectivity index (χ0v) is 12.0. The lowest BCUT2D eigenvalue weighted by Crippen LogP contribution is -2.20. The monoisotopic (exact) mass is 235 g/mol. The van der Waals surface area contributed by atoms with Crippen LogP contribution in [0.1, 0.15) is 50.5 Å². The number of hydrogen-bond donors (Lipinski definition) is 1. The average molecular weight is 235 g/mol. The van der Waals surface area contributed by atoms with Crippen LogP contribution in [0, 0.1) is 19.8 Å². The molecule has 0 saturated heterocycles. The van der Waals surface area contributed by atoms with Crippen LogP contribution in [0.4, 0.5) is 0 Å². The summed E-state index contributed by atoms with van der Waals surface area (Å²) in [5.41, 5.74) is 9.15. The molecule has 1 aromatic rings. The lowest BCUT2D eigenvalue weighted by atomic mass is 9.93. The minimum atomic E-state index is 0.00747. The molecule has 1 rings (SSSR count). The minimum absolute atomic E-state index is 0.00747. The Hall–Kier alpha value is -0.960. The van der Waals surface area contributed by atoms with Gasteiger partial charge in [-0.2, -0.15) is 0 Å². The first-order valence-corrected chi connectivity index (χ1v) is 6.30. The zero-order valence-electron chi connectivity index (χ0n) is 12.0. The lowest BCUT2D eigenvalue weighted by molar-refractivity contribution is 0.532. The quantitative estimate of drug-likeness (QED) is 0.876. The number of hydrogen-bond acceptors (Lipinski definition) is 3. The molecule has 3 nitrogen and oxygen atoms in total. The van der Waals surface area contributed by atoms with Crippen LogP contribution in [-0.2, 0) is 11.8 Å². The summed E-state index contributed by atoms with van der Waals surface area (Å²) >= 11 is 0. The molecule has 17 heavy (non-hydrogen) atoms. The molecule has 0 amide bonds. The number of rotatable bonds is 3. The third kappa shape index (κ3) is 3.50. The second kappa shape index (κ2) is 5.13. The fourth-order valence-electron chi connectivity index (χ4n) is 1.80. The van der Waals surface area contributed by atoms with Crippen molar-refractivity contribution in [1.29, 1.82) is 0 Å². The van der Waals surface area contributed by atoms with Gasteiger partial charge in [0.05, 0.1) is 0 Å². The van der Waals surface area contributed by atoms with Crippen LogP contribution in [0.2, 0.25) is 0 Å². The number of nitrogens with zero attached hydrogens (tertiary/aromatic N) is 2. The lowest BCUT2D eigenvalue weighted by Gasteiger charge is -2.20. The van der Waals surface area contributed by atoms with Gasteiger partial charge < -0.3 is 5.73 Å². The van der Waals surface area contributed by atoms with Crippen molar-refractivity contribution in [2.45, 2.75) is 53.4 Å². The van der Waals surface area contributed by atoms with Crippen LogP contribution in [0.3, 0.4) is 0 Å². The summed E-state index contributed by atoms with van der Waals surface area (Å²) in [5, 5.41) is 0. The van der Waals surface area contributed by atoms with E-state index >= 15 is 0 Å². The van der Waals surface area contributed by atoms with Crippen LogP contribution in [0.15, 0.2) is 0 Å². The Balaban J connectivity index is 3.11. The molecule has 1 heterocycles. The molecule has 1 atom stereocenters. The summed E-state index contributed by atoms with van der Waals surface area (Å²) in [4.78, 5) is 9.28. The van der Waals surface area contributed by atoms with Crippen LogP contribution >= 0.6 is 0 Å². The highest BCUT2D eigenvalue weighted by molar-refractivity contribution is 5.26. The molecule has 0 bridgehead atoms. The summed E-state index contributed by atoms with van der Waals surface area (Å²) in [5.74, 6) is 1.41. The third-order valence-electron chi connectivity index (χ3n) is 3.05. The summed E-state index contributed by atoms with van der Waals surface area (Å²) in [6, 6.07) is 0. The number of aryl methyl sites for hydroxylation is 2. The largest absolute Gasteiger partial charge is 0.330 e. The van der Waals surface area contributed by atoms with E-state index in [0.717, 1.165) is 23.6 Å². The van der Waals surface area contributed by atoms with E-state index in [1.54, 1.807) is 0 Å². The summed E-state index contributed by atoms with van der Waals surface area (Å²) < 4.78 is 0. The van der Waals surface area contributed by atoms with Gasteiger partial charge in [-0.15, -0.1) is 0 Å². The van der Waals surface area contributed by atoms with E-state index in [-0.39, 0.29) is 5.41 Å². The Morgan fingerprint density at radius 1 is 1.12 bits per heavy atom. The highest BCUT2D eigenvalue weighted by Gasteiger charge is 2.20. The topological polar surface area (TPSA) is 51.8 Å². The Bertz CT molecular complexity index is 368. The maximum atomic E-state index is 5.68. The van der Waals surface area contributed by atoms with Crippen LogP contribution < -0.4 is 5.73 Å². The SMILES string of the molecule is Cc1nc(C(C)(C)C)nc(C)c1CC(C)CN. The highest BCUT2D eigenvalue weighted by atomic mass is 14.9. The maximum absolute atomic E-state index is 5.68. The standard InChI is InChI=1S/C14H25N3/c1-9(8-15)7-12-10(2)16-13(14(4,5)6)17-11(12)3/h9H,7-8,15H2,1-6H3. The molecule has 0 radical (unpaired) electrons. The minimum Gasteiger partial charge on any atom is -0.330 e. The van der Waals surface area contributed by atoms with E-state index < -0.39 is 0 Å². The van der Waals surface area contributed by atoms with E-state index in [9.17, 15) is 0 Å². The van der Waals surface area contributed by atoms with Crippen molar-refractivity contribution < 1.29 is 0 Å². The fraction of sp³-hybridized carbons (Fsp3) is 0.714. The van der Waals surface area contributed by atoms with Gasteiger partial charge in [-0.05, 0) is 38.3 Å². The third-order valence-corrected chi connectivity index (χ3v) is 3.05. The van der Waals surface area contributed by atoms with E-state index in [1.807, 2.05) is 0 Å². The van der Waals surface area contributed by atoms with Crippen molar-refractivity contribution in [1.82, 2.24) is 9.97 Å². The van der Waals surface area contributed by atoms with Gasteiger partial charge in [0.2, 0.25) is 0 Å². The maximum Gasteiger partial charge on any atom is 0.134 e. The molecule has 0 saturated carbocycles. The van der Waals surface area contributed by atoms with Crippen molar-refractivity contribution in [3.63, 3.8) is 0 Å². The van der Waals surface area contributed by atoms with Crippen molar-refractivity contribution in [2.75, 3.05) is 6.54 Å². The smallest absolute Gasteiger partial charge is 0.134 e. The molecule has 3 heteroatoms. The molecule has 96 valence electrons. The summed E-state index contributed by atoms with van der Waals surface area (Å²) in [6.07, 6.45) is 0.971. The van der Waals surface area contributed by atoms with Crippen LogP contribution in [0.25, 0.3) is 0 Å². The van der Waals surface area contributed by atoms with Crippen LogP contribution in [0.5, 0.6) is 0 Å². The molecular formula is C14H25N3. The highest BCUT2D eigenvalue weighted by Crippen LogP contribution is 2.22. The van der Waals surface area contributed by atoms with Gasteiger partial charge in [-0.1, -0.05) is 27.7 Å². The molecule has 0 spiro atoms. The van der Waals surface area contributed by atoms with E-state index in [0.29, 0.717) is 12.5 Å². The molecule has 2 N–H and O–H groups in total. The molecular weight excluding hydrogens is 210 g/mol. The van der Waals surface area contributed by atoms with Gasteiger partial charge in [0.25, 0.3) is 0 Å². The fourth-order valence-corrected chi connectivity index (χ4v) is 1.80. The van der Waals surface area contributed by atoms with Gasteiger partial charge in [0.1, 0.15) is 5.82 Å². The Labute approximate surface area is 105 Å². The second-order valence-electron chi connectivity index (χ2n) is 5.99. The molecule has 0 fully saturated rings. The van der Waals surface area contributed by atoms with Crippen molar-refractivity contribution in [3.05, 3.63) is 22.8 Å². The summed E-state index contributed by atoms with van der Waals surface area (Å²) in [7, 11) is 0. The molecule has 0 aliphatic rings. The van der Waals surface area contributed by atoms with Gasteiger partial charge in [-0.3, -0.25) is 0 Å². The molecule has 1 unspecified atom stereocenters. The normalized spacial score (nSPS) is 13.8. The Morgan fingerprint density at radius 2 is 1.59 bits per heavy atom. The average Bonchev–Trinajstić information content (AvgIpc) is 2.21. The first-order valence-electron chi connectivity index (χ1n) is 6.30. The molecule has 0 aromatic carbocycles. The second-order valence-corrected chi connectivity index (χ2v) is 5.99. The Kier molecular flexibility index (Phi) is 4.26. The molecule has 1 aromatic heterocycles. The predicted molar refractivity (Wildman–Crippen MR) is 72.1 cm³/mol. The zero-order chi connectivity index (χ0) is 13.2. The van der Waals surface area contributed by atoms with Gasteiger partial charge in [-0.25, -0.2) is 9.97 Å². The van der Waals surface area contributed by atoms with Crippen LogP contribution in [-0.4, -0.2) is 16.5 Å². The van der Waals surface area contributed by atoms with E-state index in [4.69, 9.17) is 5.73 Å². The van der Waals surface area contributed by atoms with Gasteiger partial charge in [0.15, 0.2) is 0 Å². The summed E-state index contributed by atoms with van der Waals surface area (Å²) in [6.45, 7) is 13.4. The van der Waals surface area contributed by atoms with E-state index in [1.165, 1.54) is 5.56 Å². The van der Waals surface area contributed by atoms with Crippen molar-refractivity contribution >= 4 is 0 Å². The first-order chi connectivity index (χ1) is 7.75. The van der Waals surface area contributed by atoms with Gasteiger partial charge in [0, 0.05) is 16.8 Å². The van der Waals surface area contributed by atoms with Gasteiger partial charge >= 0.3 is 0 Å². The van der Waals surface area contributed by atoms with E-state index in [2.05, 4.69) is 51.5 Å². The Morgan fingerprint density at radius 3 is 1.94 bits per heavy atom.